The maximum absolute atomic E-state index is 3.78. The zero-order chi connectivity index (χ0) is 14.6. The average molecular weight is 281 g/mol. The molecule has 0 aromatic heterocycles. The molecular formula is C17H35N3. The van der Waals surface area contributed by atoms with Crippen molar-refractivity contribution in [3.05, 3.63) is 0 Å². The molecule has 1 unspecified atom stereocenters. The van der Waals surface area contributed by atoms with Gasteiger partial charge in [0.05, 0.1) is 0 Å². The van der Waals surface area contributed by atoms with Gasteiger partial charge in [0.15, 0.2) is 0 Å². The average Bonchev–Trinajstić information content (AvgIpc) is 3.28. The quantitative estimate of drug-likeness (QED) is 0.738. The van der Waals surface area contributed by atoms with Crippen molar-refractivity contribution in [1.82, 2.24) is 15.1 Å². The molecule has 0 bridgehead atoms. The molecule has 0 spiro atoms. The van der Waals surface area contributed by atoms with Crippen LogP contribution in [0.15, 0.2) is 0 Å². The first-order valence-electron chi connectivity index (χ1n) is 8.82. The number of piperazine rings is 1. The van der Waals surface area contributed by atoms with Crippen molar-refractivity contribution < 1.29 is 0 Å². The second-order valence-electron chi connectivity index (χ2n) is 7.08. The molecule has 0 aromatic carbocycles. The van der Waals surface area contributed by atoms with Crippen molar-refractivity contribution in [3.8, 4) is 0 Å². The minimum atomic E-state index is 0.483. The number of hydrogen-bond donors (Lipinski definition) is 1. The summed E-state index contributed by atoms with van der Waals surface area (Å²) in [5.74, 6) is 0. The lowest BCUT2D eigenvalue weighted by Gasteiger charge is -2.44. The molecule has 3 heteroatoms. The first-order valence-corrected chi connectivity index (χ1v) is 8.82. The minimum absolute atomic E-state index is 0.483. The van der Waals surface area contributed by atoms with Crippen molar-refractivity contribution >= 4 is 0 Å². The van der Waals surface area contributed by atoms with E-state index in [1.165, 1.54) is 65.0 Å². The lowest BCUT2D eigenvalue weighted by atomic mass is 9.81. The molecule has 0 amide bonds. The van der Waals surface area contributed by atoms with Gasteiger partial charge in [-0.2, -0.15) is 0 Å². The molecule has 3 nitrogen and oxygen atoms in total. The van der Waals surface area contributed by atoms with Crippen LogP contribution >= 0.6 is 0 Å². The second-order valence-corrected chi connectivity index (χ2v) is 7.08. The zero-order valence-electron chi connectivity index (χ0n) is 14.1. The van der Waals surface area contributed by atoms with Crippen LogP contribution in [0.2, 0.25) is 0 Å². The van der Waals surface area contributed by atoms with E-state index in [1.54, 1.807) is 0 Å². The molecule has 1 heterocycles. The number of nitrogens with one attached hydrogen (secondary N) is 1. The van der Waals surface area contributed by atoms with Crippen molar-refractivity contribution in [2.75, 3.05) is 39.3 Å². The number of likely N-dealkylation sites (N-methyl/N-ethyl adjacent to an activating group) is 1. The molecule has 1 aliphatic heterocycles. The highest BCUT2D eigenvalue weighted by molar-refractivity contribution is 4.90. The van der Waals surface area contributed by atoms with E-state index in [0.29, 0.717) is 5.41 Å². The van der Waals surface area contributed by atoms with Crippen molar-refractivity contribution in [3.63, 3.8) is 0 Å². The van der Waals surface area contributed by atoms with Crippen molar-refractivity contribution in [2.24, 2.45) is 5.41 Å². The zero-order valence-corrected chi connectivity index (χ0v) is 14.1. The first kappa shape index (κ1) is 16.3. The van der Waals surface area contributed by atoms with E-state index < -0.39 is 0 Å². The number of nitrogens with zero attached hydrogens (tertiary/aromatic N) is 2. The largest absolute Gasteiger partial charge is 0.313 e. The Morgan fingerprint density at radius 2 is 1.80 bits per heavy atom. The maximum Gasteiger partial charge on any atom is 0.0195 e. The fourth-order valence-electron chi connectivity index (χ4n) is 3.59. The van der Waals surface area contributed by atoms with Gasteiger partial charge in [0, 0.05) is 44.8 Å². The van der Waals surface area contributed by atoms with Gasteiger partial charge in [-0.15, -0.1) is 0 Å². The third-order valence-electron chi connectivity index (χ3n) is 5.66. The summed E-state index contributed by atoms with van der Waals surface area (Å²) in [6.07, 6.45) is 5.39. The second kappa shape index (κ2) is 7.24. The highest BCUT2D eigenvalue weighted by atomic mass is 15.3. The number of hydrogen-bond acceptors (Lipinski definition) is 3. The highest BCUT2D eigenvalue weighted by Gasteiger charge is 2.33. The molecule has 1 aliphatic carbocycles. The normalized spacial score (nSPS) is 26.1. The lowest BCUT2D eigenvalue weighted by molar-refractivity contribution is 0.0495. The fraction of sp³-hybridized carbons (Fsp3) is 1.00. The molecule has 1 saturated carbocycles. The third-order valence-corrected chi connectivity index (χ3v) is 5.66. The summed E-state index contributed by atoms with van der Waals surface area (Å²) in [7, 11) is 0. The monoisotopic (exact) mass is 281 g/mol. The summed E-state index contributed by atoms with van der Waals surface area (Å²) in [6, 6.07) is 1.56. The summed E-state index contributed by atoms with van der Waals surface area (Å²) in [6.45, 7) is 16.9. The predicted molar refractivity (Wildman–Crippen MR) is 87.2 cm³/mol. The molecule has 2 rings (SSSR count). The summed E-state index contributed by atoms with van der Waals surface area (Å²) in [5, 5.41) is 3.78. The SMILES string of the molecule is CCN1CCN(CC(CC)(CC)CNC2CC2)CC1C. The Balaban J connectivity index is 1.86. The molecule has 0 aromatic rings. The summed E-state index contributed by atoms with van der Waals surface area (Å²) >= 11 is 0. The molecule has 2 aliphatic rings. The molecule has 1 atom stereocenters. The van der Waals surface area contributed by atoms with Gasteiger partial charge in [0.1, 0.15) is 0 Å². The Labute approximate surface area is 126 Å². The van der Waals surface area contributed by atoms with E-state index in [-0.39, 0.29) is 0 Å². The molecule has 118 valence electrons. The topological polar surface area (TPSA) is 18.5 Å². The Bertz CT molecular complexity index is 284. The van der Waals surface area contributed by atoms with Crippen molar-refractivity contribution in [1.29, 1.82) is 0 Å². The van der Waals surface area contributed by atoms with Crippen LogP contribution in [0.4, 0.5) is 0 Å². The molecular weight excluding hydrogens is 246 g/mol. The summed E-state index contributed by atoms with van der Waals surface area (Å²) in [4.78, 5) is 5.33. The fourth-order valence-corrected chi connectivity index (χ4v) is 3.59. The molecule has 1 N–H and O–H groups in total. The number of rotatable bonds is 8. The van der Waals surface area contributed by atoms with E-state index in [1.807, 2.05) is 0 Å². The van der Waals surface area contributed by atoms with Gasteiger partial charge in [-0.3, -0.25) is 9.80 Å². The van der Waals surface area contributed by atoms with Gasteiger partial charge in [-0.05, 0) is 44.6 Å². The van der Waals surface area contributed by atoms with Gasteiger partial charge < -0.3 is 5.32 Å². The van der Waals surface area contributed by atoms with Gasteiger partial charge in [-0.25, -0.2) is 0 Å². The summed E-state index contributed by atoms with van der Waals surface area (Å²) in [5.41, 5.74) is 0.483. The summed E-state index contributed by atoms with van der Waals surface area (Å²) < 4.78 is 0. The Morgan fingerprint density at radius 1 is 1.10 bits per heavy atom. The molecule has 2 fully saturated rings. The van der Waals surface area contributed by atoms with Crippen LogP contribution in [0.5, 0.6) is 0 Å². The Morgan fingerprint density at radius 3 is 2.30 bits per heavy atom. The van der Waals surface area contributed by atoms with Crippen LogP contribution in [-0.4, -0.2) is 61.2 Å². The van der Waals surface area contributed by atoms with E-state index in [2.05, 4.69) is 42.8 Å². The Kier molecular flexibility index (Phi) is 5.88. The minimum Gasteiger partial charge on any atom is -0.313 e. The van der Waals surface area contributed by atoms with Gasteiger partial charge in [0.2, 0.25) is 0 Å². The van der Waals surface area contributed by atoms with Crippen LogP contribution in [0.3, 0.4) is 0 Å². The highest BCUT2D eigenvalue weighted by Crippen LogP contribution is 2.30. The van der Waals surface area contributed by atoms with E-state index in [0.717, 1.165) is 12.1 Å². The van der Waals surface area contributed by atoms with Crippen LogP contribution < -0.4 is 5.32 Å². The van der Waals surface area contributed by atoms with E-state index in [4.69, 9.17) is 0 Å². The van der Waals surface area contributed by atoms with Crippen LogP contribution in [0.1, 0.15) is 53.4 Å². The smallest absolute Gasteiger partial charge is 0.0195 e. The molecule has 1 saturated heterocycles. The van der Waals surface area contributed by atoms with Crippen LogP contribution in [-0.2, 0) is 0 Å². The first-order chi connectivity index (χ1) is 9.62. The molecule has 20 heavy (non-hydrogen) atoms. The Hall–Kier alpha value is -0.120. The van der Waals surface area contributed by atoms with Gasteiger partial charge in [-0.1, -0.05) is 20.8 Å². The van der Waals surface area contributed by atoms with Crippen molar-refractivity contribution in [2.45, 2.75) is 65.5 Å². The van der Waals surface area contributed by atoms with E-state index in [9.17, 15) is 0 Å². The standard InChI is InChI=1S/C17H35N3/c1-5-17(6-2,13-18-16-8-9-16)14-19-10-11-20(7-3)15(4)12-19/h15-16,18H,5-14H2,1-4H3. The van der Waals surface area contributed by atoms with Gasteiger partial charge in [0.25, 0.3) is 0 Å². The van der Waals surface area contributed by atoms with Gasteiger partial charge >= 0.3 is 0 Å². The predicted octanol–water partition coefficient (Wildman–Crippen LogP) is 2.57. The third kappa shape index (κ3) is 4.19. The van der Waals surface area contributed by atoms with Crippen LogP contribution in [0.25, 0.3) is 0 Å². The maximum atomic E-state index is 3.78. The van der Waals surface area contributed by atoms with E-state index >= 15 is 0 Å². The van der Waals surface area contributed by atoms with Crippen LogP contribution in [0, 0.1) is 5.41 Å². The molecule has 0 radical (unpaired) electrons. The lowest BCUT2D eigenvalue weighted by Crippen LogP contribution is -2.55.